The number of benzene rings is 2. The van der Waals surface area contributed by atoms with Crippen LogP contribution in [0.15, 0.2) is 30.3 Å². The molecule has 8 nitrogen and oxygen atoms in total. The van der Waals surface area contributed by atoms with Crippen molar-refractivity contribution in [1.82, 2.24) is 5.32 Å². The third kappa shape index (κ3) is 5.58. The number of hydrogen-bond acceptors (Lipinski definition) is 6. The fourth-order valence-corrected chi connectivity index (χ4v) is 2.78. The van der Waals surface area contributed by atoms with E-state index in [0.717, 1.165) is 5.56 Å². The van der Waals surface area contributed by atoms with Gasteiger partial charge in [-0.2, -0.15) is 0 Å². The van der Waals surface area contributed by atoms with Crippen molar-refractivity contribution >= 4 is 40.5 Å². The lowest BCUT2D eigenvalue weighted by molar-refractivity contribution is -0.114. The fraction of sp³-hybridized carbons (Fsp3) is 0.250. The van der Waals surface area contributed by atoms with Gasteiger partial charge in [-0.1, -0.05) is 6.07 Å². The third-order valence-electron chi connectivity index (χ3n) is 3.96. The van der Waals surface area contributed by atoms with Crippen LogP contribution in [-0.4, -0.2) is 38.3 Å². The van der Waals surface area contributed by atoms with Gasteiger partial charge in [-0.25, -0.2) is 0 Å². The van der Waals surface area contributed by atoms with Crippen LogP contribution in [0.3, 0.4) is 0 Å². The van der Waals surface area contributed by atoms with Crippen molar-refractivity contribution < 1.29 is 23.8 Å². The Kier molecular flexibility index (Phi) is 7.38. The molecule has 9 heteroatoms. The van der Waals surface area contributed by atoms with Gasteiger partial charge in [0.05, 0.1) is 21.3 Å². The maximum atomic E-state index is 12.6. The van der Waals surface area contributed by atoms with Gasteiger partial charge < -0.3 is 24.8 Å². The van der Waals surface area contributed by atoms with Gasteiger partial charge in [-0.15, -0.1) is 0 Å². The maximum Gasteiger partial charge on any atom is 0.257 e. The van der Waals surface area contributed by atoms with E-state index >= 15 is 0 Å². The molecule has 154 valence electrons. The van der Waals surface area contributed by atoms with Crippen molar-refractivity contribution in [3.63, 3.8) is 0 Å². The van der Waals surface area contributed by atoms with Crippen molar-refractivity contribution in [2.75, 3.05) is 32.0 Å². The SMILES string of the molecule is COc1cc(C(=O)NC(=S)Nc2ccc(C)c(NC(C)=O)c2)cc(OC)c1OC. The smallest absolute Gasteiger partial charge is 0.257 e. The molecule has 0 saturated heterocycles. The van der Waals surface area contributed by atoms with Crippen LogP contribution < -0.4 is 30.2 Å². The second-order valence-corrected chi connectivity index (χ2v) is 6.44. The number of carbonyl (C=O) groups is 2. The van der Waals surface area contributed by atoms with Crippen molar-refractivity contribution in [2.45, 2.75) is 13.8 Å². The van der Waals surface area contributed by atoms with Crippen molar-refractivity contribution in [1.29, 1.82) is 0 Å². The molecule has 0 bridgehead atoms. The summed E-state index contributed by atoms with van der Waals surface area (Å²) in [7, 11) is 4.42. The highest BCUT2D eigenvalue weighted by molar-refractivity contribution is 7.80. The first-order valence-corrected chi connectivity index (χ1v) is 9.00. The number of aryl methyl sites for hydroxylation is 1. The Labute approximate surface area is 174 Å². The molecule has 3 N–H and O–H groups in total. The topological polar surface area (TPSA) is 97.9 Å². The van der Waals surface area contributed by atoms with Crippen LogP contribution in [0.5, 0.6) is 17.2 Å². The Morgan fingerprint density at radius 3 is 2.07 bits per heavy atom. The molecule has 2 aromatic carbocycles. The van der Waals surface area contributed by atoms with Gasteiger partial charge in [0.2, 0.25) is 11.7 Å². The predicted octanol–water partition coefficient (Wildman–Crippen LogP) is 3.11. The number of anilines is 2. The summed E-state index contributed by atoms with van der Waals surface area (Å²) >= 11 is 5.23. The van der Waals surface area contributed by atoms with Gasteiger partial charge in [0.15, 0.2) is 16.6 Å². The lowest BCUT2D eigenvalue weighted by Crippen LogP contribution is -2.34. The van der Waals surface area contributed by atoms with Gasteiger partial charge in [0, 0.05) is 23.9 Å². The highest BCUT2D eigenvalue weighted by Crippen LogP contribution is 2.38. The number of rotatable bonds is 6. The van der Waals surface area contributed by atoms with E-state index in [1.54, 1.807) is 12.1 Å². The zero-order valence-corrected chi connectivity index (χ0v) is 17.7. The summed E-state index contributed by atoms with van der Waals surface area (Å²) in [5.74, 6) is 0.473. The van der Waals surface area contributed by atoms with Crippen LogP contribution in [-0.2, 0) is 4.79 Å². The van der Waals surface area contributed by atoms with Crippen molar-refractivity contribution in [2.24, 2.45) is 0 Å². The molecule has 0 aromatic heterocycles. The van der Waals surface area contributed by atoms with E-state index < -0.39 is 5.91 Å². The number of nitrogens with one attached hydrogen (secondary N) is 3. The largest absolute Gasteiger partial charge is 0.493 e. The average Bonchev–Trinajstić information content (AvgIpc) is 2.68. The van der Waals surface area contributed by atoms with Gasteiger partial charge >= 0.3 is 0 Å². The number of methoxy groups -OCH3 is 3. The molecular formula is C20H23N3O5S. The molecule has 2 rings (SSSR count). The first-order valence-electron chi connectivity index (χ1n) is 8.59. The summed E-state index contributed by atoms with van der Waals surface area (Å²) in [5.41, 5.74) is 2.46. The molecule has 2 aromatic rings. The molecule has 2 amide bonds. The summed E-state index contributed by atoms with van der Waals surface area (Å²) < 4.78 is 15.8. The van der Waals surface area contributed by atoms with E-state index in [4.69, 9.17) is 26.4 Å². The first-order chi connectivity index (χ1) is 13.8. The van der Waals surface area contributed by atoms with Crippen LogP contribution in [0, 0.1) is 6.92 Å². The Hall–Kier alpha value is -3.33. The maximum absolute atomic E-state index is 12.6. The van der Waals surface area contributed by atoms with Gasteiger partial charge in [0.1, 0.15) is 0 Å². The molecule has 0 aliphatic heterocycles. The summed E-state index contributed by atoms with van der Waals surface area (Å²) in [4.78, 5) is 23.9. The highest BCUT2D eigenvalue weighted by atomic mass is 32.1. The number of thiocarbonyl (C=S) groups is 1. The second kappa shape index (κ2) is 9.74. The summed E-state index contributed by atoms with van der Waals surface area (Å²) in [6.45, 7) is 3.31. The van der Waals surface area contributed by atoms with Crippen LogP contribution in [0.25, 0.3) is 0 Å². The number of hydrogen-bond donors (Lipinski definition) is 3. The minimum absolute atomic E-state index is 0.0985. The molecule has 0 heterocycles. The Balaban J connectivity index is 2.15. The van der Waals surface area contributed by atoms with E-state index in [1.165, 1.54) is 40.4 Å². The third-order valence-corrected chi connectivity index (χ3v) is 4.16. The van der Waals surface area contributed by atoms with Crippen LogP contribution >= 0.6 is 12.2 Å². The molecular weight excluding hydrogens is 394 g/mol. The number of amides is 2. The molecule has 0 fully saturated rings. The van der Waals surface area contributed by atoms with Gasteiger partial charge in [-0.05, 0) is 49.0 Å². The van der Waals surface area contributed by atoms with E-state index in [0.29, 0.717) is 28.6 Å². The van der Waals surface area contributed by atoms with Crippen LogP contribution in [0.1, 0.15) is 22.8 Å². The van der Waals surface area contributed by atoms with E-state index in [9.17, 15) is 9.59 Å². The second-order valence-electron chi connectivity index (χ2n) is 6.03. The first kappa shape index (κ1) is 22.0. The highest BCUT2D eigenvalue weighted by Gasteiger charge is 2.17. The van der Waals surface area contributed by atoms with Gasteiger partial charge in [0.25, 0.3) is 5.91 Å². The van der Waals surface area contributed by atoms with Crippen LogP contribution in [0.2, 0.25) is 0 Å². The molecule has 0 unspecified atom stereocenters. The standard InChI is InChI=1S/C20H23N3O5S/c1-11-6-7-14(10-15(11)21-12(2)24)22-20(29)23-19(25)13-8-16(26-3)18(28-5)17(9-13)27-4/h6-10H,1-5H3,(H,21,24)(H2,22,23,25,29). The Morgan fingerprint density at radius 1 is 0.931 bits per heavy atom. The average molecular weight is 417 g/mol. The van der Waals surface area contributed by atoms with Crippen LogP contribution in [0.4, 0.5) is 11.4 Å². The molecule has 0 radical (unpaired) electrons. The zero-order chi connectivity index (χ0) is 21.6. The fourth-order valence-electron chi connectivity index (χ4n) is 2.57. The molecule has 0 saturated carbocycles. The van der Waals surface area contributed by atoms with Crippen molar-refractivity contribution in [3.05, 3.63) is 41.5 Å². The van der Waals surface area contributed by atoms with E-state index in [-0.39, 0.29) is 16.6 Å². The Bertz CT molecular complexity index is 921. The summed E-state index contributed by atoms with van der Waals surface area (Å²) in [6.07, 6.45) is 0. The lowest BCUT2D eigenvalue weighted by Gasteiger charge is -2.15. The molecule has 0 aliphatic carbocycles. The van der Waals surface area contributed by atoms with Crippen molar-refractivity contribution in [3.8, 4) is 17.2 Å². The molecule has 0 aliphatic rings. The minimum atomic E-state index is -0.448. The lowest BCUT2D eigenvalue weighted by atomic mass is 10.1. The minimum Gasteiger partial charge on any atom is -0.493 e. The predicted molar refractivity (Wildman–Crippen MR) is 115 cm³/mol. The zero-order valence-electron chi connectivity index (χ0n) is 16.8. The van der Waals surface area contributed by atoms with Gasteiger partial charge in [-0.3, -0.25) is 14.9 Å². The summed E-state index contributed by atoms with van der Waals surface area (Å²) in [5, 5.41) is 8.36. The number of ether oxygens (including phenoxy) is 3. The molecule has 29 heavy (non-hydrogen) atoms. The molecule has 0 spiro atoms. The summed E-state index contributed by atoms with van der Waals surface area (Å²) in [6, 6.07) is 8.41. The molecule has 0 atom stereocenters. The normalized spacial score (nSPS) is 9.97. The van der Waals surface area contributed by atoms with E-state index in [2.05, 4.69) is 16.0 Å². The van der Waals surface area contributed by atoms with E-state index in [1.807, 2.05) is 13.0 Å². The quantitative estimate of drug-likeness (QED) is 0.621. The Morgan fingerprint density at radius 2 is 1.55 bits per heavy atom. The monoisotopic (exact) mass is 417 g/mol. The number of carbonyl (C=O) groups excluding carboxylic acids is 2.